The van der Waals surface area contributed by atoms with Gasteiger partial charge >= 0.3 is 0 Å². The Kier molecular flexibility index (Phi) is 7.77. The van der Waals surface area contributed by atoms with Gasteiger partial charge in [0.05, 0.1) is 13.3 Å². The molecule has 3 nitrogen and oxygen atoms in total. The van der Waals surface area contributed by atoms with Crippen molar-refractivity contribution in [2.24, 2.45) is 0 Å². The Balaban J connectivity index is 2.60. The van der Waals surface area contributed by atoms with Gasteiger partial charge in [0.15, 0.2) is 0 Å². The molecule has 0 aromatic rings. The van der Waals surface area contributed by atoms with Crippen molar-refractivity contribution in [2.45, 2.75) is 6.92 Å². The molecule has 0 spiro atoms. The van der Waals surface area contributed by atoms with E-state index in [0.717, 1.165) is 19.7 Å². The predicted molar refractivity (Wildman–Crippen MR) is 38.4 cm³/mol. The summed E-state index contributed by atoms with van der Waals surface area (Å²) in [5, 5.41) is 6.05. The molecule has 56 valence electrons. The van der Waals surface area contributed by atoms with Gasteiger partial charge in [0.25, 0.3) is 0 Å². The molecule has 0 radical (unpaired) electrons. The van der Waals surface area contributed by atoms with E-state index in [9.17, 15) is 0 Å². The molecule has 2 N–H and O–H groups in total. The first-order valence-electron chi connectivity index (χ1n) is 3.35. The van der Waals surface area contributed by atoms with E-state index in [0.29, 0.717) is 6.73 Å². The maximum Gasteiger partial charge on any atom is 0.0963 e. The van der Waals surface area contributed by atoms with Crippen LogP contribution in [0.15, 0.2) is 0 Å². The topological polar surface area (TPSA) is 33.3 Å². The lowest BCUT2D eigenvalue weighted by molar-refractivity contribution is 0.124. The molecule has 0 aliphatic heterocycles. The first-order valence-corrected chi connectivity index (χ1v) is 3.35. The van der Waals surface area contributed by atoms with Crippen molar-refractivity contribution in [2.75, 3.05) is 33.5 Å². The van der Waals surface area contributed by atoms with Gasteiger partial charge in [-0.25, -0.2) is 0 Å². The number of hydrogen-bond donors (Lipinski definition) is 2. The SMILES string of the molecule is CCNCCOCNC. The van der Waals surface area contributed by atoms with E-state index in [1.165, 1.54) is 0 Å². The maximum atomic E-state index is 5.11. The van der Waals surface area contributed by atoms with Crippen LogP contribution in [0.3, 0.4) is 0 Å². The molecule has 9 heavy (non-hydrogen) atoms. The molecule has 0 aliphatic rings. The molecule has 0 aromatic heterocycles. The number of likely N-dealkylation sites (N-methyl/N-ethyl adjacent to an activating group) is 1. The Morgan fingerprint density at radius 2 is 2.22 bits per heavy atom. The molecule has 0 saturated carbocycles. The monoisotopic (exact) mass is 132 g/mol. The van der Waals surface area contributed by atoms with Crippen molar-refractivity contribution in [3.63, 3.8) is 0 Å². The van der Waals surface area contributed by atoms with Crippen LogP contribution in [-0.2, 0) is 4.74 Å². The number of rotatable bonds is 6. The normalized spacial score (nSPS) is 10.0. The van der Waals surface area contributed by atoms with Crippen LogP contribution in [0.2, 0.25) is 0 Å². The highest BCUT2D eigenvalue weighted by Gasteiger charge is 1.82. The van der Waals surface area contributed by atoms with E-state index in [-0.39, 0.29) is 0 Å². The van der Waals surface area contributed by atoms with Gasteiger partial charge in [-0.2, -0.15) is 0 Å². The lowest BCUT2D eigenvalue weighted by Gasteiger charge is -2.02. The Morgan fingerprint density at radius 1 is 1.44 bits per heavy atom. The van der Waals surface area contributed by atoms with Crippen LogP contribution < -0.4 is 10.6 Å². The van der Waals surface area contributed by atoms with Gasteiger partial charge in [-0.3, -0.25) is 5.32 Å². The van der Waals surface area contributed by atoms with Gasteiger partial charge in [-0.15, -0.1) is 0 Å². The third-order valence-electron chi connectivity index (χ3n) is 0.920. The van der Waals surface area contributed by atoms with Gasteiger partial charge in [0.2, 0.25) is 0 Å². The van der Waals surface area contributed by atoms with E-state index in [2.05, 4.69) is 17.6 Å². The van der Waals surface area contributed by atoms with Crippen LogP contribution in [0.5, 0.6) is 0 Å². The summed E-state index contributed by atoms with van der Waals surface area (Å²) < 4.78 is 5.11. The second-order valence-electron chi connectivity index (χ2n) is 1.76. The lowest BCUT2D eigenvalue weighted by Crippen LogP contribution is -2.21. The van der Waals surface area contributed by atoms with Crippen molar-refractivity contribution in [1.82, 2.24) is 10.6 Å². The van der Waals surface area contributed by atoms with Crippen LogP contribution in [0, 0.1) is 0 Å². The highest BCUT2D eigenvalue weighted by atomic mass is 16.5. The minimum atomic E-state index is 0.644. The van der Waals surface area contributed by atoms with E-state index in [1.807, 2.05) is 7.05 Å². The zero-order chi connectivity index (χ0) is 6.95. The predicted octanol–water partition coefficient (Wildman–Crippen LogP) is -0.211. The first kappa shape index (κ1) is 8.88. The minimum absolute atomic E-state index is 0.644. The van der Waals surface area contributed by atoms with Gasteiger partial charge in [0.1, 0.15) is 0 Å². The summed E-state index contributed by atoms with van der Waals surface area (Å²) >= 11 is 0. The summed E-state index contributed by atoms with van der Waals surface area (Å²) in [4.78, 5) is 0. The summed E-state index contributed by atoms with van der Waals surface area (Å²) in [5.41, 5.74) is 0. The fourth-order valence-corrected chi connectivity index (χ4v) is 0.495. The summed E-state index contributed by atoms with van der Waals surface area (Å²) in [6.45, 7) is 5.47. The fraction of sp³-hybridized carbons (Fsp3) is 1.00. The molecule has 0 aliphatic carbocycles. The Labute approximate surface area is 56.8 Å². The standard InChI is InChI=1S/C6H16N2O/c1-3-8-4-5-9-6-7-2/h7-8H,3-6H2,1-2H3. The zero-order valence-electron chi connectivity index (χ0n) is 6.24. The van der Waals surface area contributed by atoms with Gasteiger partial charge in [0, 0.05) is 6.54 Å². The average Bonchev–Trinajstić information content (AvgIpc) is 1.89. The molecule has 0 saturated heterocycles. The van der Waals surface area contributed by atoms with Crippen molar-refractivity contribution in [3.05, 3.63) is 0 Å². The largest absolute Gasteiger partial charge is 0.365 e. The Morgan fingerprint density at radius 3 is 2.78 bits per heavy atom. The zero-order valence-corrected chi connectivity index (χ0v) is 6.24. The van der Waals surface area contributed by atoms with Crippen LogP contribution in [0.1, 0.15) is 6.92 Å². The van der Waals surface area contributed by atoms with Crippen molar-refractivity contribution in [3.8, 4) is 0 Å². The smallest absolute Gasteiger partial charge is 0.0963 e. The third-order valence-corrected chi connectivity index (χ3v) is 0.920. The minimum Gasteiger partial charge on any atom is -0.365 e. The van der Waals surface area contributed by atoms with Crippen molar-refractivity contribution >= 4 is 0 Å². The highest BCUT2D eigenvalue weighted by Crippen LogP contribution is 1.66. The molecule has 0 aromatic carbocycles. The highest BCUT2D eigenvalue weighted by molar-refractivity contribution is 4.38. The van der Waals surface area contributed by atoms with Crippen molar-refractivity contribution in [1.29, 1.82) is 0 Å². The number of ether oxygens (including phenoxy) is 1. The van der Waals surface area contributed by atoms with Gasteiger partial charge in [-0.05, 0) is 13.6 Å². The Hall–Kier alpha value is -0.120. The molecule has 0 bridgehead atoms. The fourth-order valence-electron chi connectivity index (χ4n) is 0.495. The Bertz CT molecular complexity index is 44.3. The second-order valence-corrected chi connectivity index (χ2v) is 1.76. The maximum absolute atomic E-state index is 5.11. The third kappa shape index (κ3) is 7.88. The van der Waals surface area contributed by atoms with E-state index in [4.69, 9.17) is 4.74 Å². The van der Waals surface area contributed by atoms with Gasteiger partial charge < -0.3 is 10.1 Å². The van der Waals surface area contributed by atoms with Crippen LogP contribution in [-0.4, -0.2) is 33.5 Å². The lowest BCUT2D eigenvalue weighted by atomic mass is 10.6. The molecule has 0 amide bonds. The van der Waals surface area contributed by atoms with Crippen LogP contribution in [0.4, 0.5) is 0 Å². The van der Waals surface area contributed by atoms with Crippen LogP contribution in [0.25, 0.3) is 0 Å². The average molecular weight is 132 g/mol. The van der Waals surface area contributed by atoms with E-state index < -0.39 is 0 Å². The molecule has 0 atom stereocenters. The summed E-state index contributed by atoms with van der Waals surface area (Å²) in [5.74, 6) is 0. The number of nitrogens with one attached hydrogen (secondary N) is 2. The summed E-state index contributed by atoms with van der Waals surface area (Å²) in [7, 11) is 1.87. The van der Waals surface area contributed by atoms with E-state index >= 15 is 0 Å². The molecule has 3 heteroatoms. The molecule has 0 rings (SSSR count). The molecular weight excluding hydrogens is 116 g/mol. The molecule has 0 heterocycles. The number of hydrogen-bond acceptors (Lipinski definition) is 3. The quantitative estimate of drug-likeness (QED) is 0.387. The molecule has 0 unspecified atom stereocenters. The van der Waals surface area contributed by atoms with Gasteiger partial charge in [-0.1, -0.05) is 6.92 Å². The summed E-state index contributed by atoms with van der Waals surface area (Å²) in [6.07, 6.45) is 0. The molecular formula is C6H16N2O. The van der Waals surface area contributed by atoms with Crippen molar-refractivity contribution < 1.29 is 4.74 Å². The first-order chi connectivity index (χ1) is 4.41. The summed E-state index contributed by atoms with van der Waals surface area (Å²) in [6, 6.07) is 0. The van der Waals surface area contributed by atoms with E-state index in [1.54, 1.807) is 0 Å². The second kappa shape index (κ2) is 7.88. The van der Waals surface area contributed by atoms with Crippen LogP contribution >= 0.6 is 0 Å². The molecule has 0 fully saturated rings.